The summed E-state index contributed by atoms with van der Waals surface area (Å²) in [4.78, 5) is 34.2. The van der Waals surface area contributed by atoms with Crippen LogP contribution in [0.1, 0.15) is 65.4 Å². The Balaban J connectivity index is 1.75. The van der Waals surface area contributed by atoms with Crippen LogP contribution in [0.15, 0.2) is 60.0 Å². The Morgan fingerprint density at radius 3 is 2.49 bits per heavy atom. The second-order valence-corrected chi connectivity index (χ2v) is 12.7. The third-order valence-electron chi connectivity index (χ3n) is 6.77. The summed E-state index contributed by atoms with van der Waals surface area (Å²) in [5, 5.41) is 6.80. The predicted molar refractivity (Wildman–Crippen MR) is 159 cm³/mol. The highest BCUT2D eigenvalue weighted by atomic mass is 35.5. The summed E-state index contributed by atoms with van der Waals surface area (Å²) >= 11 is 7.87. The van der Waals surface area contributed by atoms with Crippen molar-refractivity contribution in [1.29, 1.82) is 0 Å². The summed E-state index contributed by atoms with van der Waals surface area (Å²) in [7, 11) is 0. The summed E-state index contributed by atoms with van der Waals surface area (Å²) < 4.78 is 5.69. The summed E-state index contributed by atoms with van der Waals surface area (Å²) in [6, 6.07) is 18.0. The fraction of sp³-hybridized carbons (Fsp3) is 0.452. The van der Waals surface area contributed by atoms with E-state index in [0.29, 0.717) is 16.7 Å². The molecule has 1 amide bonds. The molecular formula is C31H38ClN3O3S. The molecule has 39 heavy (non-hydrogen) atoms. The average molecular weight is 568 g/mol. The molecule has 0 saturated carbocycles. The van der Waals surface area contributed by atoms with E-state index in [0.717, 1.165) is 29.7 Å². The zero-order chi connectivity index (χ0) is 28.2. The number of thiazole rings is 1. The number of nitrogens with one attached hydrogen (secondary N) is 1. The first-order valence-corrected chi connectivity index (χ1v) is 14.8. The molecule has 1 aliphatic heterocycles. The number of ether oxygens (including phenoxy) is 1. The molecule has 2 heterocycles. The van der Waals surface area contributed by atoms with Gasteiger partial charge in [-0.2, -0.15) is 0 Å². The molecule has 1 fully saturated rings. The number of hydrogen-bond donors (Lipinski definition) is 1. The van der Waals surface area contributed by atoms with Crippen molar-refractivity contribution >= 4 is 39.9 Å². The molecule has 1 aromatic heterocycles. The van der Waals surface area contributed by atoms with Crippen molar-refractivity contribution in [1.82, 2.24) is 10.3 Å². The Hall–Kier alpha value is -2.74. The van der Waals surface area contributed by atoms with E-state index in [1.807, 2.05) is 68.6 Å². The van der Waals surface area contributed by atoms with Crippen LogP contribution in [0.4, 0.5) is 5.13 Å². The first-order chi connectivity index (χ1) is 18.5. The van der Waals surface area contributed by atoms with Gasteiger partial charge >= 0.3 is 5.97 Å². The van der Waals surface area contributed by atoms with Crippen LogP contribution in [0.2, 0.25) is 5.02 Å². The SMILES string of the molecule is CC(C)NC1CC[C@H](c2ccccc2)[C@H](CC(=O)OC(C)(C)C)C(=O)N(c2nc(-c3ccccc3Cl)cs2)C1. The first kappa shape index (κ1) is 29.2. The van der Waals surface area contributed by atoms with Crippen LogP contribution < -0.4 is 10.2 Å². The molecule has 208 valence electrons. The summed E-state index contributed by atoms with van der Waals surface area (Å²) in [6.45, 7) is 10.2. The molecule has 3 aromatic rings. The fourth-order valence-corrected chi connectivity index (χ4v) is 6.28. The molecule has 0 spiro atoms. The van der Waals surface area contributed by atoms with Gasteiger partial charge in [0.1, 0.15) is 5.60 Å². The lowest BCUT2D eigenvalue weighted by Gasteiger charge is -2.37. The summed E-state index contributed by atoms with van der Waals surface area (Å²) in [5.74, 6) is -1.18. The standard InChI is InChI=1S/C31H38ClN3O3S/c1-20(2)33-22-15-16-23(21-11-7-6-8-12-21)25(17-28(36)38-31(3,4)5)29(37)35(18-22)30-34-27(19-39-30)24-13-9-10-14-26(24)32/h6-14,19-20,22-23,25,33H,15-18H2,1-5H3/t22?,23-,25+/m1/s1. The van der Waals surface area contributed by atoms with Gasteiger partial charge in [-0.1, -0.05) is 74.0 Å². The maximum absolute atomic E-state index is 14.5. The lowest BCUT2D eigenvalue weighted by molar-refractivity contribution is -0.157. The molecule has 2 aromatic carbocycles. The second kappa shape index (κ2) is 12.6. The van der Waals surface area contributed by atoms with Gasteiger partial charge in [0.05, 0.1) is 18.0 Å². The number of anilines is 1. The molecule has 1 aliphatic rings. The van der Waals surface area contributed by atoms with E-state index < -0.39 is 11.5 Å². The van der Waals surface area contributed by atoms with Crippen LogP contribution in [0.5, 0.6) is 0 Å². The Labute approximate surface area is 240 Å². The van der Waals surface area contributed by atoms with E-state index in [9.17, 15) is 9.59 Å². The van der Waals surface area contributed by atoms with E-state index in [-0.39, 0.29) is 36.3 Å². The monoisotopic (exact) mass is 567 g/mol. The van der Waals surface area contributed by atoms with Gasteiger partial charge < -0.3 is 10.1 Å². The Bertz CT molecular complexity index is 1270. The van der Waals surface area contributed by atoms with Crippen molar-refractivity contribution in [2.45, 2.75) is 77.5 Å². The largest absolute Gasteiger partial charge is 0.460 e. The smallest absolute Gasteiger partial charge is 0.307 e. The Kier molecular flexibility index (Phi) is 9.47. The van der Waals surface area contributed by atoms with E-state index in [1.54, 1.807) is 4.90 Å². The molecule has 0 radical (unpaired) electrons. The zero-order valence-electron chi connectivity index (χ0n) is 23.3. The van der Waals surface area contributed by atoms with Crippen molar-refractivity contribution in [3.63, 3.8) is 0 Å². The van der Waals surface area contributed by atoms with E-state index in [4.69, 9.17) is 21.3 Å². The van der Waals surface area contributed by atoms with Crippen molar-refractivity contribution in [3.8, 4) is 11.3 Å². The third kappa shape index (κ3) is 7.68. The van der Waals surface area contributed by atoms with E-state index in [1.165, 1.54) is 11.3 Å². The fourth-order valence-electron chi connectivity index (χ4n) is 5.21. The van der Waals surface area contributed by atoms with Crippen molar-refractivity contribution in [2.75, 3.05) is 11.4 Å². The van der Waals surface area contributed by atoms with E-state index >= 15 is 0 Å². The van der Waals surface area contributed by atoms with Gasteiger partial charge in [-0.25, -0.2) is 4.98 Å². The molecule has 3 atom stereocenters. The van der Waals surface area contributed by atoms with Crippen LogP contribution in [0.25, 0.3) is 11.3 Å². The van der Waals surface area contributed by atoms with Gasteiger partial charge in [0.25, 0.3) is 0 Å². The number of esters is 1. The Morgan fingerprint density at radius 1 is 1.13 bits per heavy atom. The number of aromatic nitrogens is 1. The number of benzene rings is 2. The minimum Gasteiger partial charge on any atom is -0.460 e. The van der Waals surface area contributed by atoms with Crippen molar-refractivity contribution in [3.05, 3.63) is 70.6 Å². The predicted octanol–water partition coefficient (Wildman–Crippen LogP) is 7.09. The number of halogens is 1. The van der Waals surface area contributed by atoms with Crippen LogP contribution in [0.3, 0.4) is 0 Å². The minimum absolute atomic E-state index is 0.0111. The number of amides is 1. The molecule has 1 saturated heterocycles. The number of nitrogens with zero attached hydrogens (tertiary/aromatic N) is 2. The summed E-state index contributed by atoms with van der Waals surface area (Å²) in [5.41, 5.74) is 1.98. The van der Waals surface area contributed by atoms with Gasteiger partial charge in [-0.05, 0) is 51.2 Å². The van der Waals surface area contributed by atoms with E-state index in [2.05, 4.69) is 31.3 Å². The molecular weight excluding hydrogens is 530 g/mol. The van der Waals surface area contributed by atoms with Gasteiger partial charge in [-0.15, -0.1) is 11.3 Å². The molecule has 1 unspecified atom stereocenters. The molecule has 0 aliphatic carbocycles. The molecule has 8 heteroatoms. The van der Waals surface area contributed by atoms with Crippen molar-refractivity contribution < 1.29 is 14.3 Å². The molecule has 6 nitrogen and oxygen atoms in total. The van der Waals surface area contributed by atoms with Crippen LogP contribution in [0, 0.1) is 5.92 Å². The molecule has 0 bridgehead atoms. The maximum Gasteiger partial charge on any atom is 0.307 e. The number of hydrogen-bond acceptors (Lipinski definition) is 6. The normalized spacial score (nSPS) is 20.5. The zero-order valence-corrected chi connectivity index (χ0v) is 24.9. The highest BCUT2D eigenvalue weighted by molar-refractivity contribution is 7.14. The van der Waals surface area contributed by atoms with Gasteiger partial charge in [0.15, 0.2) is 5.13 Å². The maximum atomic E-state index is 14.5. The third-order valence-corrected chi connectivity index (χ3v) is 7.97. The first-order valence-electron chi connectivity index (χ1n) is 13.6. The van der Waals surface area contributed by atoms with Gasteiger partial charge in [0.2, 0.25) is 5.91 Å². The quantitative estimate of drug-likeness (QED) is 0.309. The topological polar surface area (TPSA) is 71.5 Å². The molecule has 4 rings (SSSR count). The minimum atomic E-state index is -0.630. The highest BCUT2D eigenvalue weighted by Gasteiger charge is 2.40. The van der Waals surface area contributed by atoms with Crippen molar-refractivity contribution in [2.24, 2.45) is 5.92 Å². The number of rotatable bonds is 7. The number of carbonyl (C=O) groups is 2. The van der Waals surface area contributed by atoms with Crippen LogP contribution in [-0.2, 0) is 14.3 Å². The van der Waals surface area contributed by atoms with Gasteiger partial charge in [0, 0.05) is 34.6 Å². The molecule has 1 N–H and O–H groups in total. The lowest BCUT2D eigenvalue weighted by atomic mass is 9.78. The Morgan fingerprint density at radius 2 is 1.82 bits per heavy atom. The lowest BCUT2D eigenvalue weighted by Crippen LogP contribution is -2.51. The number of carbonyl (C=O) groups excluding carboxylic acids is 2. The van der Waals surface area contributed by atoms with Crippen LogP contribution >= 0.6 is 22.9 Å². The van der Waals surface area contributed by atoms with Crippen LogP contribution in [-0.4, -0.2) is 41.1 Å². The summed E-state index contributed by atoms with van der Waals surface area (Å²) in [6.07, 6.45) is 1.65. The average Bonchev–Trinajstić information content (AvgIpc) is 3.34. The highest BCUT2D eigenvalue weighted by Crippen LogP contribution is 2.39. The second-order valence-electron chi connectivity index (χ2n) is 11.5. The van der Waals surface area contributed by atoms with Gasteiger partial charge in [-0.3, -0.25) is 14.5 Å².